The monoisotopic (exact) mass is 341 g/mol. The molecule has 0 spiro atoms. The van der Waals surface area contributed by atoms with Crippen LogP contribution >= 0.6 is 11.3 Å². The maximum atomic E-state index is 12.2. The molecule has 1 aliphatic heterocycles. The Bertz CT molecular complexity index is 916. The van der Waals surface area contributed by atoms with Crippen LogP contribution in [-0.4, -0.2) is 33.0 Å². The molecule has 0 atom stereocenters. The Morgan fingerprint density at radius 1 is 1.33 bits per heavy atom. The molecule has 0 aliphatic carbocycles. The third-order valence-corrected chi connectivity index (χ3v) is 4.80. The van der Waals surface area contributed by atoms with Crippen LogP contribution in [0.4, 0.5) is 5.13 Å². The second-order valence-corrected chi connectivity index (χ2v) is 6.42. The molecule has 122 valence electrons. The lowest BCUT2D eigenvalue weighted by Crippen LogP contribution is -2.25. The lowest BCUT2D eigenvalue weighted by molar-refractivity contribution is -0.117. The van der Waals surface area contributed by atoms with Gasteiger partial charge in [-0.3, -0.25) is 19.9 Å². The molecule has 1 saturated heterocycles. The van der Waals surface area contributed by atoms with E-state index in [-0.39, 0.29) is 18.2 Å². The molecule has 1 N–H and O–H groups in total. The number of hydrogen-bond donors (Lipinski definition) is 1. The fourth-order valence-electron chi connectivity index (χ4n) is 2.74. The van der Waals surface area contributed by atoms with Gasteiger partial charge in [-0.2, -0.15) is 0 Å². The number of carbonyl (C=O) groups excluding carboxylic acids is 2. The van der Waals surface area contributed by atoms with Gasteiger partial charge in [-0.1, -0.05) is 12.1 Å². The van der Waals surface area contributed by atoms with E-state index in [2.05, 4.69) is 15.4 Å². The summed E-state index contributed by atoms with van der Waals surface area (Å²) in [5, 5.41) is 2.50. The van der Waals surface area contributed by atoms with Crippen molar-refractivity contribution in [2.75, 3.05) is 16.9 Å². The van der Waals surface area contributed by atoms with Crippen LogP contribution in [0.5, 0.6) is 0 Å². The number of nitrogens with zero attached hydrogens (tertiary/aromatic N) is 4. The quantitative estimate of drug-likeness (QED) is 0.786. The Labute approximate surface area is 141 Å². The van der Waals surface area contributed by atoms with Crippen molar-refractivity contribution < 1.29 is 9.59 Å². The number of hydrogen-bond acceptors (Lipinski definition) is 5. The minimum atomic E-state index is -0.178. The maximum absolute atomic E-state index is 12.2. The van der Waals surface area contributed by atoms with Gasteiger partial charge >= 0.3 is 0 Å². The van der Waals surface area contributed by atoms with Gasteiger partial charge in [0.05, 0.1) is 23.1 Å². The minimum absolute atomic E-state index is 0.102. The molecular weight excluding hydrogens is 326 g/mol. The number of rotatable bonds is 4. The lowest BCUT2D eigenvalue weighted by atomic mass is 10.3. The van der Waals surface area contributed by atoms with Gasteiger partial charge in [0.2, 0.25) is 11.8 Å². The summed E-state index contributed by atoms with van der Waals surface area (Å²) < 4.78 is 1.61. The topological polar surface area (TPSA) is 80.1 Å². The van der Waals surface area contributed by atoms with Gasteiger partial charge in [0.25, 0.3) is 0 Å². The van der Waals surface area contributed by atoms with Gasteiger partial charge in [0, 0.05) is 18.3 Å². The van der Waals surface area contributed by atoms with Crippen molar-refractivity contribution in [2.24, 2.45) is 0 Å². The molecule has 24 heavy (non-hydrogen) atoms. The van der Waals surface area contributed by atoms with Crippen LogP contribution < -0.4 is 10.3 Å². The van der Waals surface area contributed by atoms with Gasteiger partial charge in [0.1, 0.15) is 6.33 Å². The fraction of sp³-hybridized carbons (Fsp3) is 0.250. The number of nitrogens with one attached hydrogen (secondary N) is 1. The molecule has 8 heteroatoms. The molecule has 0 saturated carbocycles. The van der Waals surface area contributed by atoms with Gasteiger partial charge in [-0.25, -0.2) is 14.6 Å². The molecule has 1 aliphatic rings. The lowest BCUT2D eigenvalue weighted by Gasteiger charge is -2.10. The second-order valence-electron chi connectivity index (χ2n) is 5.59. The highest BCUT2D eigenvalue weighted by atomic mass is 32.1. The van der Waals surface area contributed by atoms with Crippen molar-refractivity contribution in [1.82, 2.24) is 14.6 Å². The number of amides is 2. The molecule has 4 rings (SSSR count). The first-order valence-electron chi connectivity index (χ1n) is 7.67. The number of aromatic nitrogens is 3. The zero-order chi connectivity index (χ0) is 16.5. The highest BCUT2D eigenvalue weighted by Gasteiger charge is 2.24. The summed E-state index contributed by atoms with van der Waals surface area (Å²) in [6.07, 6.45) is 3.17. The summed E-state index contributed by atoms with van der Waals surface area (Å²) >= 11 is 1.40. The SMILES string of the molecule is O=C(Cc1csc(N2CCCC2=O)n1)Nn1cnc2ccccc21. The number of imidazole rings is 1. The third-order valence-electron chi connectivity index (χ3n) is 3.88. The molecular formula is C16H15N5O2S. The number of benzene rings is 1. The minimum Gasteiger partial charge on any atom is -0.288 e. The van der Waals surface area contributed by atoms with Crippen molar-refractivity contribution in [2.45, 2.75) is 19.3 Å². The first-order valence-corrected chi connectivity index (χ1v) is 8.55. The van der Waals surface area contributed by atoms with Crippen molar-refractivity contribution >= 4 is 39.3 Å². The summed E-state index contributed by atoms with van der Waals surface area (Å²) in [5.41, 5.74) is 5.12. The molecule has 1 aromatic carbocycles. The largest absolute Gasteiger partial charge is 0.288 e. The van der Waals surface area contributed by atoms with Crippen LogP contribution in [0.25, 0.3) is 11.0 Å². The van der Waals surface area contributed by atoms with E-state index in [1.807, 2.05) is 29.6 Å². The molecule has 7 nitrogen and oxygen atoms in total. The van der Waals surface area contributed by atoms with E-state index >= 15 is 0 Å². The number of fused-ring (bicyclic) bond motifs is 1. The number of carbonyl (C=O) groups is 2. The highest BCUT2D eigenvalue weighted by molar-refractivity contribution is 7.14. The molecule has 2 amide bonds. The average molecular weight is 341 g/mol. The van der Waals surface area contributed by atoms with E-state index < -0.39 is 0 Å². The Hall–Kier alpha value is -2.74. The first kappa shape index (κ1) is 14.8. The van der Waals surface area contributed by atoms with E-state index in [0.717, 1.165) is 17.5 Å². The van der Waals surface area contributed by atoms with Crippen LogP contribution in [0.1, 0.15) is 18.5 Å². The first-order chi connectivity index (χ1) is 11.7. The molecule has 3 aromatic rings. The van der Waals surface area contributed by atoms with Crippen LogP contribution in [-0.2, 0) is 16.0 Å². The maximum Gasteiger partial charge on any atom is 0.244 e. The third kappa shape index (κ3) is 2.76. The van der Waals surface area contributed by atoms with E-state index in [4.69, 9.17) is 0 Å². The van der Waals surface area contributed by atoms with Gasteiger partial charge in [0.15, 0.2) is 5.13 Å². The summed E-state index contributed by atoms with van der Waals surface area (Å²) in [4.78, 5) is 34.3. The van der Waals surface area contributed by atoms with Gasteiger partial charge < -0.3 is 0 Å². The van der Waals surface area contributed by atoms with Crippen LogP contribution in [0.2, 0.25) is 0 Å². The smallest absolute Gasteiger partial charge is 0.244 e. The van der Waals surface area contributed by atoms with Crippen molar-refractivity contribution in [3.8, 4) is 0 Å². The van der Waals surface area contributed by atoms with Crippen molar-refractivity contribution in [3.05, 3.63) is 41.7 Å². The van der Waals surface area contributed by atoms with Crippen LogP contribution in [0.3, 0.4) is 0 Å². The molecule has 0 bridgehead atoms. The number of thiazole rings is 1. The Morgan fingerprint density at radius 3 is 3.04 bits per heavy atom. The predicted octanol–water partition coefficient (Wildman–Crippen LogP) is 1.93. The molecule has 3 heterocycles. The van der Waals surface area contributed by atoms with Gasteiger partial charge in [-0.05, 0) is 18.6 Å². The summed E-state index contributed by atoms with van der Waals surface area (Å²) in [5.74, 6) is -0.0759. The summed E-state index contributed by atoms with van der Waals surface area (Å²) in [6, 6.07) is 7.57. The molecule has 2 aromatic heterocycles. The Kier molecular flexibility index (Phi) is 3.73. The predicted molar refractivity (Wildman–Crippen MR) is 91.5 cm³/mol. The molecule has 0 radical (unpaired) electrons. The normalized spacial score (nSPS) is 14.5. The van der Waals surface area contributed by atoms with Crippen LogP contribution in [0, 0.1) is 0 Å². The van der Waals surface area contributed by atoms with E-state index in [1.165, 1.54) is 11.3 Å². The molecule has 0 unspecified atom stereocenters. The van der Waals surface area contributed by atoms with E-state index in [1.54, 1.807) is 15.9 Å². The Morgan fingerprint density at radius 2 is 2.21 bits per heavy atom. The summed E-state index contributed by atoms with van der Waals surface area (Å²) in [6.45, 7) is 0.707. The highest BCUT2D eigenvalue weighted by Crippen LogP contribution is 2.25. The number of para-hydroxylation sites is 2. The average Bonchev–Trinajstić information content (AvgIpc) is 3.28. The van der Waals surface area contributed by atoms with E-state index in [9.17, 15) is 9.59 Å². The number of anilines is 1. The fourth-order valence-corrected chi connectivity index (χ4v) is 3.61. The summed E-state index contributed by atoms with van der Waals surface area (Å²) in [7, 11) is 0. The van der Waals surface area contributed by atoms with E-state index in [0.29, 0.717) is 23.8 Å². The van der Waals surface area contributed by atoms with Gasteiger partial charge in [-0.15, -0.1) is 11.3 Å². The zero-order valence-corrected chi connectivity index (χ0v) is 13.6. The standard InChI is InChI=1S/C16H15N5O2S/c22-14(19-21-10-17-12-4-1-2-5-13(12)21)8-11-9-24-16(18-11)20-7-3-6-15(20)23/h1-2,4-5,9-10H,3,6-8H2,(H,19,22). The van der Waals surface area contributed by atoms with Crippen LogP contribution in [0.15, 0.2) is 36.0 Å². The van der Waals surface area contributed by atoms with Crippen molar-refractivity contribution in [1.29, 1.82) is 0 Å². The molecule has 1 fully saturated rings. The van der Waals surface area contributed by atoms with Crippen molar-refractivity contribution in [3.63, 3.8) is 0 Å². The second kappa shape index (κ2) is 6.04. The Balaban J connectivity index is 1.45. The zero-order valence-electron chi connectivity index (χ0n) is 12.8.